The number of aryl methyl sites for hydroxylation is 2. The molecule has 8 nitrogen and oxygen atoms in total. The maximum absolute atomic E-state index is 12.7. The minimum Gasteiger partial charge on any atom is -0.451 e. The Hall–Kier alpha value is -2.72. The second-order valence-electron chi connectivity index (χ2n) is 7.81. The van der Waals surface area contributed by atoms with E-state index in [1.165, 1.54) is 40.0 Å². The van der Waals surface area contributed by atoms with E-state index in [2.05, 4.69) is 15.0 Å². The van der Waals surface area contributed by atoms with Crippen molar-refractivity contribution in [2.24, 2.45) is 4.99 Å². The Morgan fingerprint density at radius 2 is 1.94 bits per heavy atom. The molecule has 0 unspecified atom stereocenters. The smallest absolute Gasteiger partial charge is 0.348 e. The van der Waals surface area contributed by atoms with Gasteiger partial charge in [-0.25, -0.2) is 13.2 Å². The lowest BCUT2D eigenvalue weighted by Crippen LogP contribution is -2.30. The third-order valence-corrected chi connectivity index (χ3v) is 7.93. The molecule has 0 spiro atoms. The number of thiophene rings is 1. The summed E-state index contributed by atoms with van der Waals surface area (Å²) in [6, 6.07) is 7.77. The van der Waals surface area contributed by atoms with E-state index in [0.29, 0.717) is 29.4 Å². The van der Waals surface area contributed by atoms with E-state index in [-0.39, 0.29) is 4.90 Å². The molecule has 1 aromatic carbocycles. The Morgan fingerprint density at radius 1 is 1.06 bits per heavy atom. The maximum Gasteiger partial charge on any atom is 0.348 e. The predicted molar refractivity (Wildman–Crippen MR) is 123 cm³/mol. The largest absolute Gasteiger partial charge is 0.451 e. The van der Waals surface area contributed by atoms with Crippen molar-refractivity contribution in [3.63, 3.8) is 0 Å². The number of fused-ring (bicyclic) bond motifs is 1. The number of hydrogen-bond acceptors (Lipinski definition) is 7. The molecule has 4 rings (SSSR count). The van der Waals surface area contributed by atoms with E-state index in [9.17, 15) is 18.0 Å². The van der Waals surface area contributed by atoms with Crippen molar-refractivity contribution in [1.82, 2.24) is 4.72 Å². The summed E-state index contributed by atoms with van der Waals surface area (Å²) in [6.07, 6.45) is 6.52. The normalized spacial score (nSPS) is 15.9. The summed E-state index contributed by atoms with van der Waals surface area (Å²) >= 11 is 1.42. The molecule has 0 fully saturated rings. The topological polar surface area (TPSA) is 114 Å². The van der Waals surface area contributed by atoms with Crippen LogP contribution in [0.25, 0.3) is 0 Å². The van der Waals surface area contributed by atoms with Crippen LogP contribution in [0.1, 0.15) is 52.2 Å². The lowest BCUT2D eigenvalue weighted by molar-refractivity contribution is -0.119. The molecule has 0 saturated heterocycles. The van der Waals surface area contributed by atoms with Gasteiger partial charge in [-0.15, -0.1) is 11.3 Å². The van der Waals surface area contributed by atoms with E-state index < -0.39 is 28.5 Å². The van der Waals surface area contributed by atoms with Gasteiger partial charge in [-0.2, -0.15) is 0 Å². The molecule has 2 aliphatic rings. The molecule has 0 saturated carbocycles. The molecule has 2 aromatic rings. The van der Waals surface area contributed by atoms with Crippen LogP contribution in [0.4, 0.5) is 5.69 Å². The summed E-state index contributed by atoms with van der Waals surface area (Å²) in [5.41, 5.74) is 1.49. The molecule has 0 atom stereocenters. The number of amides is 1. The number of ether oxygens (including phenoxy) is 1. The lowest BCUT2D eigenvalue weighted by Gasteiger charge is -2.11. The molecule has 2 heterocycles. The summed E-state index contributed by atoms with van der Waals surface area (Å²) in [5, 5.41) is 2.58. The van der Waals surface area contributed by atoms with Gasteiger partial charge in [0.2, 0.25) is 0 Å². The average molecular weight is 476 g/mol. The second-order valence-corrected chi connectivity index (χ2v) is 10.6. The summed E-state index contributed by atoms with van der Waals surface area (Å²) in [4.78, 5) is 30.5. The van der Waals surface area contributed by atoms with Crippen LogP contribution >= 0.6 is 11.3 Å². The zero-order valence-corrected chi connectivity index (χ0v) is 19.2. The van der Waals surface area contributed by atoms with Gasteiger partial charge >= 0.3 is 5.97 Å². The number of aliphatic imine (C=N–C) groups is 1. The van der Waals surface area contributed by atoms with Crippen LogP contribution in [-0.2, 0) is 32.4 Å². The molecule has 0 bridgehead atoms. The first-order valence-electron chi connectivity index (χ1n) is 10.7. The van der Waals surface area contributed by atoms with Gasteiger partial charge < -0.3 is 10.1 Å². The standard InChI is InChI=1S/C22H25N3O5S2/c26-21(14-30-22(27)19-12-15-6-4-9-18(15)31-19)24-16-7-5-8-17(13-16)32(28,29)25-20-10-2-1-3-11-23-20/h5,7-8,12-13H,1-4,6,9-11,14H2,(H,23,25)(H,24,26). The van der Waals surface area contributed by atoms with Crippen LogP contribution in [0.3, 0.4) is 0 Å². The molecule has 10 heteroatoms. The number of carbonyl (C=O) groups is 2. The first-order valence-corrected chi connectivity index (χ1v) is 13.0. The van der Waals surface area contributed by atoms with Crippen molar-refractivity contribution < 1.29 is 22.7 Å². The van der Waals surface area contributed by atoms with Gasteiger partial charge in [0.25, 0.3) is 15.9 Å². The van der Waals surface area contributed by atoms with Crippen LogP contribution in [0.2, 0.25) is 0 Å². The van der Waals surface area contributed by atoms with E-state index >= 15 is 0 Å². The Labute approximate surface area is 191 Å². The number of rotatable bonds is 6. The number of anilines is 1. The monoisotopic (exact) mass is 475 g/mol. The number of benzene rings is 1. The fourth-order valence-electron chi connectivity index (χ4n) is 3.74. The fraction of sp³-hybridized carbons (Fsp3) is 0.409. The molecular weight excluding hydrogens is 450 g/mol. The highest BCUT2D eigenvalue weighted by atomic mass is 32.2. The van der Waals surface area contributed by atoms with Crippen LogP contribution in [0, 0.1) is 0 Å². The Morgan fingerprint density at radius 3 is 2.78 bits per heavy atom. The third-order valence-electron chi connectivity index (χ3n) is 5.34. The Bertz CT molecular complexity index is 1130. The minimum atomic E-state index is -3.81. The number of sulfonamides is 1. The van der Waals surface area contributed by atoms with Crippen molar-refractivity contribution in [2.75, 3.05) is 18.5 Å². The van der Waals surface area contributed by atoms with E-state index in [1.807, 2.05) is 6.07 Å². The number of carbonyl (C=O) groups excluding carboxylic acids is 2. The van der Waals surface area contributed by atoms with Gasteiger partial charge in [0.1, 0.15) is 10.7 Å². The van der Waals surface area contributed by atoms with Gasteiger partial charge in [0.05, 0.1) is 4.90 Å². The molecule has 2 N–H and O–H groups in total. The van der Waals surface area contributed by atoms with Crippen LogP contribution in [0.5, 0.6) is 0 Å². The van der Waals surface area contributed by atoms with Gasteiger partial charge in [0, 0.05) is 23.5 Å². The SMILES string of the molecule is O=C(COC(=O)c1cc2c(s1)CCC2)Nc1cccc(S(=O)(=O)NC2=NCCCCC2)c1. The van der Waals surface area contributed by atoms with Crippen LogP contribution in [0.15, 0.2) is 40.2 Å². The predicted octanol–water partition coefficient (Wildman–Crippen LogP) is 3.28. The summed E-state index contributed by atoms with van der Waals surface area (Å²) in [7, 11) is -3.81. The van der Waals surface area contributed by atoms with Gasteiger partial charge in [0.15, 0.2) is 6.61 Å². The molecule has 1 aliphatic heterocycles. The van der Waals surface area contributed by atoms with Crippen LogP contribution in [-0.4, -0.2) is 39.3 Å². The minimum absolute atomic E-state index is 0.0207. The highest BCUT2D eigenvalue weighted by molar-refractivity contribution is 7.90. The van der Waals surface area contributed by atoms with Crippen LogP contribution < -0.4 is 10.0 Å². The highest BCUT2D eigenvalue weighted by Gasteiger charge is 2.21. The van der Waals surface area contributed by atoms with E-state index in [1.54, 1.807) is 6.07 Å². The van der Waals surface area contributed by atoms with Crippen molar-refractivity contribution in [2.45, 2.75) is 49.8 Å². The summed E-state index contributed by atoms with van der Waals surface area (Å²) in [6.45, 7) is 0.161. The number of amidine groups is 1. The van der Waals surface area contributed by atoms with Crippen molar-refractivity contribution >= 4 is 44.8 Å². The van der Waals surface area contributed by atoms with Gasteiger partial charge in [-0.3, -0.25) is 14.5 Å². The molecule has 1 aliphatic carbocycles. The molecule has 32 heavy (non-hydrogen) atoms. The van der Waals surface area contributed by atoms with E-state index in [0.717, 1.165) is 38.5 Å². The first-order chi connectivity index (χ1) is 15.4. The zero-order valence-electron chi connectivity index (χ0n) is 17.6. The number of esters is 1. The average Bonchev–Trinajstić information content (AvgIpc) is 3.28. The molecule has 170 valence electrons. The number of nitrogens with zero attached hydrogens (tertiary/aromatic N) is 1. The third kappa shape index (κ3) is 5.55. The lowest BCUT2D eigenvalue weighted by atomic mass is 10.2. The zero-order chi connectivity index (χ0) is 22.6. The fourth-order valence-corrected chi connectivity index (χ4v) is 6.02. The van der Waals surface area contributed by atoms with Gasteiger partial charge in [-0.1, -0.05) is 12.5 Å². The second kappa shape index (κ2) is 9.83. The van der Waals surface area contributed by atoms with Crippen molar-refractivity contribution in [3.05, 3.63) is 45.6 Å². The number of hydrogen-bond donors (Lipinski definition) is 2. The van der Waals surface area contributed by atoms with Gasteiger partial charge in [-0.05, 0) is 61.9 Å². The molecule has 0 radical (unpaired) electrons. The quantitative estimate of drug-likeness (QED) is 0.623. The highest BCUT2D eigenvalue weighted by Crippen LogP contribution is 2.30. The number of nitrogens with one attached hydrogen (secondary N) is 2. The molecular formula is C22H25N3O5S2. The first kappa shape index (κ1) is 22.5. The van der Waals surface area contributed by atoms with Crippen molar-refractivity contribution in [1.29, 1.82) is 0 Å². The molecule has 1 aromatic heterocycles. The Balaban J connectivity index is 1.33. The Kier molecular flexibility index (Phi) is 6.90. The maximum atomic E-state index is 12.7. The summed E-state index contributed by atoms with van der Waals surface area (Å²) < 4.78 is 33.1. The molecule has 1 amide bonds. The van der Waals surface area contributed by atoms with E-state index in [4.69, 9.17) is 4.74 Å². The summed E-state index contributed by atoms with van der Waals surface area (Å²) in [5.74, 6) is -0.606. The van der Waals surface area contributed by atoms with Crippen molar-refractivity contribution in [3.8, 4) is 0 Å².